The van der Waals surface area contributed by atoms with Gasteiger partial charge in [0.2, 0.25) is 0 Å². The first kappa shape index (κ1) is 35.4. The van der Waals surface area contributed by atoms with Crippen LogP contribution in [0, 0.1) is 6.92 Å². The van der Waals surface area contributed by atoms with Crippen molar-refractivity contribution < 1.29 is 28.7 Å². The van der Waals surface area contributed by atoms with Crippen LogP contribution >= 0.6 is 0 Å². The van der Waals surface area contributed by atoms with Gasteiger partial charge in [0.15, 0.2) is 0 Å². The Kier molecular flexibility index (Phi) is 38.6. The molecule has 2 aromatic carbocycles. The van der Waals surface area contributed by atoms with E-state index in [0.29, 0.717) is 6.10 Å². The molecule has 2 aromatic rings. The molecule has 3 rings (SSSR count). The first-order valence-corrected chi connectivity index (χ1v) is 10.7. The molecule has 29 heavy (non-hydrogen) atoms. The van der Waals surface area contributed by atoms with E-state index in [0.717, 1.165) is 19.4 Å². The Labute approximate surface area is 194 Å². The van der Waals surface area contributed by atoms with Gasteiger partial charge in [-0.3, -0.25) is 0 Å². The van der Waals surface area contributed by atoms with E-state index in [1.807, 2.05) is 94.4 Å². The Balaban J connectivity index is -0.000000143. The number of ether oxygens (including phenoxy) is 1. The third-order valence-electron chi connectivity index (χ3n) is 2.89. The molecule has 1 heterocycles. The van der Waals surface area contributed by atoms with Crippen molar-refractivity contribution >= 4 is 0 Å². The summed E-state index contributed by atoms with van der Waals surface area (Å²) in [5, 5.41) is 9.01. The summed E-state index contributed by atoms with van der Waals surface area (Å²) in [5.41, 5.74) is 1.19. The number of rotatable bonds is 3. The fourth-order valence-corrected chi connectivity index (χ4v) is 1.44. The topological polar surface area (TPSA) is 32.8 Å². The van der Waals surface area contributed by atoms with E-state index in [4.69, 9.17) is 9.84 Å². The van der Waals surface area contributed by atoms with E-state index < -0.39 is 0 Å². The van der Waals surface area contributed by atoms with E-state index in [9.17, 15) is 0 Å². The van der Waals surface area contributed by atoms with Gasteiger partial charge in [0, 0.05) is 0 Å². The predicted molar refractivity (Wildman–Crippen MR) is 127 cm³/mol. The van der Waals surface area contributed by atoms with Crippen LogP contribution in [0.15, 0.2) is 66.7 Å². The zero-order valence-corrected chi connectivity index (χ0v) is 20.4. The average Bonchev–Trinajstić information content (AvgIpc) is 3.56. The van der Waals surface area contributed by atoms with Gasteiger partial charge in [-0.2, -0.15) is 6.42 Å². The van der Waals surface area contributed by atoms with Crippen molar-refractivity contribution in [1.82, 2.24) is 0 Å². The minimum atomic E-state index is -0.234. The zero-order chi connectivity index (χ0) is 22.0. The van der Waals surface area contributed by atoms with Gasteiger partial charge < -0.3 is 16.8 Å². The maximum Gasteiger partial charge on any atom is 1.00 e. The molecule has 0 bridgehead atoms. The van der Waals surface area contributed by atoms with Gasteiger partial charge in [-0.05, 0) is 25.8 Å². The van der Waals surface area contributed by atoms with Gasteiger partial charge in [-0.15, -0.1) is 0 Å². The van der Waals surface area contributed by atoms with Crippen LogP contribution in [0.5, 0.6) is 0 Å². The molecule has 1 N–H and O–H groups in total. The molecule has 3 heteroatoms. The van der Waals surface area contributed by atoms with Gasteiger partial charge in [0.25, 0.3) is 0 Å². The smallest absolute Gasteiger partial charge is 0.393 e. The molecule has 2 nitrogen and oxygen atoms in total. The fourth-order valence-electron chi connectivity index (χ4n) is 1.44. The van der Waals surface area contributed by atoms with Crippen LogP contribution in [0.4, 0.5) is 0 Å². The number of aliphatic hydroxyl groups is 1. The second-order valence-electron chi connectivity index (χ2n) is 5.69. The van der Waals surface area contributed by atoms with Crippen LogP contribution in [0.1, 0.15) is 66.9 Å². The predicted octanol–water partition coefficient (Wildman–Crippen LogP) is 4.38. The molecule has 1 aliphatic heterocycles. The van der Waals surface area contributed by atoms with Crippen LogP contribution in [-0.2, 0) is 11.2 Å². The fraction of sp³-hybridized carbons (Fsp3) is 0.500. The third kappa shape index (κ3) is 38.2. The van der Waals surface area contributed by atoms with Crippen LogP contribution < -0.4 is 18.9 Å². The first-order valence-electron chi connectivity index (χ1n) is 10.7. The summed E-state index contributed by atoms with van der Waals surface area (Å²) in [7, 11) is 0. The molecule has 162 valence electrons. The quantitative estimate of drug-likeness (QED) is 0.474. The summed E-state index contributed by atoms with van der Waals surface area (Å²) in [6.45, 7) is 18.6. The van der Waals surface area contributed by atoms with Gasteiger partial charge in [-0.25, -0.2) is 0 Å². The number of hydrogen-bond donors (Lipinski definition) is 1. The normalized spacial score (nSPS) is 13.1. The number of unbranched alkanes of at least 4 members (excludes halogenated alkanes) is 1. The Hall–Kier alpha value is -1.04. The van der Waals surface area contributed by atoms with E-state index in [1.165, 1.54) is 12.0 Å². The average molecular weight is 397 g/mol. The molecule has 0 aromatic heterocycles. The van der Waals surface area contributed by atoms with E-state index in [1.54, 1.807) is 6.92 Å². The molecule has 0 aliphatic carbocycles. The van der Waals surface area contributed by atoms with Crippen molar-refractivity contribution in [2.45, 2.75) is 79.9 Å². The summed E-state index contributed by atoms with van der Waals surface area (Å²) in [5.74, 6) is 0. The van der Waals surface area contributed by atoms with Crippen molar-refractivity contribution in [2.75, 3.05) is 6.61 Å². The van der Waals surface area contributed by atoms with E-state index in [-0.39, 0.29) is 25.0 Å². The first-order chi connectivity index (χ1) is 13.6. The molecule has 0 radical (unpaired) electrons. The monoisotopic (exact) mass is 396 g/mol. The van der Waals surface area contributed by atoms with Gasteiger partial charge >= 0.3 is 18.9 Å². The van der Waals surface area contributed by atoms with Crippen LogP contribution in [0.2, 0.25) is 0 Å². The van der Waals surface area contributed by atoms with Crippen molar-refractivity contribution in [3.8, 4) is 0 Å². The summed E-state index contributed by atoms with van der Waals surface area (Å²) < 4.78 is 4.71. The van der Waals surface area contributed by atoms with Crippen molar-refractivity contribution in [1.29, 1.82) is 0 Å². The standard InChI is InChI=1S/C9H12O.C6H6.C4H9.C3H6O.2C2H6.Li/c1-8(10)7-9-5-3-2-4-6-9;1-2-4-6-5-3-1;1-3-4-2;1-3-2-4-3;2*1-2;/h2-6,8,10H,7H2,1H3;1-6H;1,3-4H2,2H3;3H,2H2,1H3;2*1-2H3;/q;;-1;;;;+1. The molecule has 0 saturated carbocycles. The number of hydrogen-bond acceptors (Lipinski definition) is 2. The maximum atomic E-state index is 9.01. The molecule has 2 unspecified atom stereocenters. The summed E-state index contributed by atoms with van der Waals surface area (Å²) in [6.07, 6.45) is 3.38. The van der Waals surface area contributed by atoms with Crippen LogP contribution in [0.25, 0.3) is 0 Å². The van der Waals surface area contributed by atoms with Gasteiger partial charge in [0.1, 0.15) is 0 Å². The van der Waals surface area contributed by atoms with Gasteiger partial charge in [-0.1, -0.05) is 108 Å². The van der Waals surface area contributed by atoms with Crippen molar-refractivity contribution in [3.05, 3.63) is 79.2 Å². The van der Waals surface area contributed by atoms with Crippen LogP contribution in [-0.4, -0.2) is 23.9 Å². The summed E-state index contributed by atoms with van der Waals surface area (Å²) in [4.78, 5) is 0. The molecular weight excluding hydrogens is 351 g/mol. The maximum absolute atomic E-state index is 9.01. The Morgan fingerprint density at radius 2 is 1.21 bits per heavy atom. The molecule has 1 aliphatic rings. The zero-order valence-electron chi connectivity index (χ0n) is 20.4. The molecule has 2 atom stereocenters. The van der Waals surface area contributed by atoms with Crippen LogP contribution in [0.3, 0.4) is 0 Å². The van der Waals surface area contributed by atoms with Gasteiger partial charge in [0.05, 0.1) is 18.8 Å². The molecule has 1 fully saturated rings. The Morgan fingerprint density at radius 3 is 1.41 bits per heavy atom. The summed E-state index contributed by atoms with van der Waals surface area (Å²) >= 11 is 0. The largest absolute Gasteiger partial charge is 1.00 e. The number of aliphatic hydroxyl groups excluding tert-OH is 1. The van der Waals surface area contributed by atoms with Crippen molar-refractivity contribution in [3.63, 3.8) is 0 Å². The molecule has 1 saturated heterocycles. The Morgan fingerprint density at radius 1 is 0.931 bits per heavy atom. The molecule has 0 spiro atoms. The molecule has 0 amide bonds. The number of epoxide rings is 1. The van der Waals surface area contributed by atoms with Crippen molar-refractivity contribution in [2.24, 2.45) is 0 Å². The van der Waals surface area contributed by atoms with E-state index >= 15 is 0 Å². The summed E-state index contributed by atoms with van der Waals surface area (Å²) in [6, 6.07) is 22.0. The number of benzene rings is 2. The minimum Gasteiger partial charge on any atom is -0.393 e. The Bertz CT molecular complexity index is 428. The van der Waals surface area contributed by atoms with E-state index in [2.05, 4.69) is 20.8 Å². The second kappa shape index (κ2) is 31.6. The third-order valence-corrected chi connectivity index (χ3v) is 2.89. The second-order valence-corrected chi connectivity index (χ2v) is 5.69. The minimum absolute atomic E-state index is 0. The SMILES string of the molecule is CC.CC.CC(O)Cc1ccccc1.CC1CO1.[CH2-]CCC.[Li+].c1ccccc1. The molecular formula is C26H45LiO2.